The fraction of sp³-hybridized carbons (Fsp3) is 0.467. The molecule has 1 N–H and O–H groups in total. The number of hydrogen-bond donors (Lipinski definition) is 1. The first-order valence-electron chi connectivity index (χ1n) is 7.02. The normalized spacial score (nSPS) is 23.5. The average Bonchev–Trinajstić information content (AvgIpc) is 2.82. The minimum Gasteiger partial charge on any atom is -0.392 e. The molecule has 1 aromatic carbocycles. The molecule has 0 spiro atoms. The zero-order valence-corrected chi connectivity index (χ0v) is 11.1. The van der Waals surface area contributed by atoms with Gasteiger partial charge in [-0.05, 0) is 25.0 Å². The minimum absolute atomic E-state index is 0.134. The molecule has 0 saturated heterocycles. The first kappa shape index (κ1) is 13.2. The minimum atomic E-state index is -0.452. The Labute approximate surface area is 116 Å². The van der Waals surface area contributed by atoms with Gasteiger partial charge in [0.2, 0.25) is 11.7 Å². The van der Waals surface area contributed by atoms with Crippen LogP contribution in [-0.4, -0.2) is 21.4 Å². The summed E-state index contributed by atoms with van der Waals surface area (Å²) < 4.78 is 18.9. The first-order valence-corrected chi connectivity index (χ1v) is 7.02. The largest absolute Gasteiger partial charge is 0.392 e. The number of aliphatic hydroxyl groups excluding tert-OH is 1. The van der Waals surface area contributed by atoms with E-state index in [4.69, 9.17) is 4.52 Å². The molecule has 0 amide bonds. The number of hydrogen-bond acceptors (Lipinski definition) is 4. The average molecular weight is 276 g/mol. The van der Waals surface area contributed by atoms with Crippen LogP contribution in [-0.2, 0) is 0 Å². The molecule has 4 nitrogen and oxygen atoms in total. The van der Waals surface area contributed by atoms with Gasteiger partial charge in [-0.1, -0.05) is 36.6 Å². The van der Waals surface area contributed by atoms with Gasteiger partial charge in [0, 0.05) is 0 Å². The zero-order chi connectivity index (χ0) is 13.9. The van der Waals surface area contributed by atoms with Crippen LogP contribution in [0.2, 0.25) is 0 Å². The lowest BCUT2D eigenvalue weighted by Crippen LogP contribution is -2.17. The first-order chi connectivity index (χ1) is 9.75. The summed E-state index contributed by atoms with van der Waals surface area (Å²) in [6, 6.07) is 6.34. The van der Waals surface area contributed by atoms with Crippen molar-refractivity contribution in [2.45, 2.75) is 44.1 Å². The van der Waals surface area contributed by atoms with Crippen LogP contribution >= 0.6 is 0 Å². The van der Waals surface area contributed by atoms with Crippen LogP contribution in [0.1, 0.15) is 43.9 Å². The van der Waals surface area contributed by atoms with E-state index >= 15 is 0 Å². The molecule has 1 saturated carbocycles. The highest BCUT2D eigenvalue weighted by Crippen LogP contribution is 2.32. The van der Waals surface area contributed by atoms with Gasteiger partial charge in [0.25, 0.3) is 0 Å². The van der Waals surface area contributed by atoms with Crippen molar-refractivity contribution in [3.8, 4) is 11.4 Å². The Morgan fingerprint density at radius 2 is 1.95 bits per heavy atom. The zero-order valence-electron chi connectivity index (χ0n) is 11.1. The second-order valence-corrected chi connectivity index (χ2v) is 5.25. The lowest BCUT2D eigenvalue weighted by molar-refractivity contribution is 0.119. The van der Waals surface area contributed by atoms with Crippen molar-refractivity contribution >= 4 is 0 Å². The van der Waals surface area contributed by atoms with Gasteiger partial charge in [-0.2, -0.15) is 4.98 Å². The van der Waals surface area contributed by atoms with Gasteiger partial charge in [-0.25, -0.2) is 4.39 Å². The highest BCUT2D eigenvalue weighted by atomic mass is 19.1. The van der Waals surface area contributed by atoms with Gasteiger partial charge in [-0.15, -0.1) is 0 Å². The quantitative estimate of drug-likeness (QED) is 0.855. The topological polar surface area (TPSA) is 59.2 Å². The van der Waals surface area contributed by atoms with E-state index in [-0.39, 0.29) is 17.6 Å². The fourth-order valence-corrected chi connectivity index (χ4v) is 2.71. The maximum atomic E-state index is 13.7. The summed E-state index contributed by atoms with van der Waals surface area (Å²) in [6.45, 7) is 0. The Morgan fingerprint density at radius 3 is 2.80 bits per heavy atom. The van der Waals surface area contributed by atoms with E-state index in [9.17, 15) is 9.50 Å². The van der Waals surface area contributed by atoms with Crippen LogP contribution in [0.5, 0.6) is 0 Å². The summed E-state index contributed by atoms with van der Waals surface area (Å²) in [5.74, 6) is 0.152. The lowest BCUT2D eigenvalue weighted by atomic mass is 9.97. The Morgan fingerprint density at radius 1 is 1.15 bits per heavy atom. The maximum Gasteiger partial charge on any atom is 0.232 e. The summed E-state index contributed by atoms with van der Waals surface area (Å²) in [5, 5.41) is 14.0. The van der Waals surface area contributed by atoms with Crippen LogP contribution in [0, 0.1) is 5.82 Å². The van der Waals surface area contributed by atoms with E-state index in [1.54, 1.807) is 18.2 Å². The van der Waals surface area contributed by atoms with E-state index in [1.807, 2.05) is 0 Å². The number of aliphatic hydroxyl groups is 1. The van der Waals surface area contributed by atoms with Crippen molar-refractivity contribution in [1.29, 1.82) is 0 Å². The molecule has 2 unspecified atom stereocenters. The molecule has 1 fully saturated rings. The second kappa shape index (κ2) is 5.71. The lowest BCUT2D eigenvalue weighted by Gasteiger charge is -2.15. The molecule has 1 aromatic heterocycles. The molecule has 1 aliphatic carbocycles. The number of aromatic nitrogens is 2. The highest BCUT2D eigenvalue weighted by Gasteiger charge is 2.28. The Balaban J connectivity index is 1.88. The van der Waals surface area contributed by atoms with Crippen molar-refractivity contribution in [1.82, 2.24) is 10.1 Å². The standard InChI is InChI=1S/C15H17FN2O2/c16-12-8-5-4-6-10(12)14-17-15(20-18-14)11-7-2-1-3-9-13(11)19/h4-6,8,11,13,19H,1-3,7,9H2. The molecule has 1 heterocycles. The van der Waals surface area contributed by atoms with Crippen LogP contribution in [0.25, 0.3) is 11.4 Å². The van der Waals surface area contributed by atoms with Gasteiger partial charge in [0.05, 0.1) is 17.6 Å². The molecule has 1 aliphatic rings. The maximum absolute atomic E-state index is 13.7. The molecule has 20 heavy (non-hydrogen) atoms. The predicted octanol–water partition coefficient (Wildman–Crippen LogP) is 3.28. The van der Waals surface area contributed by atoms with Crippen molar-refractivity contribution in [3.63, 3.8) is 0 Å². The molecular weight excluding hydrogens is 259 g/mol. The molecule has 0 bridgehead atoms. The number of nitrogens with zero attached hydrogens (tertiary/aromatic N) is 2. The SMILES string of the molecule is OC1CCCCCC1c1nc(-c2ccccc2F)no1. The smallest absolute Gasteiger partial charge is 0.232 e. The predicted molar refractivity (Wildman–Crippen MR) is 71.5 cm³/mol. The van der Waals surface area contributed by atoms with Crippen LogP contribution in [0.15, 0.2) is 28.8 Å². The third-order valence-electron chi connectivity index (χ3n) is 3.85. The fourth-order valence-electron chi connectivity index (χ4n) is 2.71. The van der Waals surface area contributed by atoms with Crippen LogP contribution in [0.3, 0.4) is 0 Å². The third kappa shape index (κ3) is 2.58. The van der Waals surface area contributed by atoms with E-state index in [0.29, 0.717) is 11.5 Å². The summed E-state index contributed by atoms with van der Waals surface area (Å²) in [6.07, 6.45) is 4.31. The van der Waals surface area contributed by atoms with E-state index in [1.165, 1.54) is 6.07 Å². The Kier molecular flexibility index (Phi) is 3.78. The van der Waals surface area contributed by atoms with Gasteiger partial charge in [0.15, 0.2) is 0 Å². The molecule has 2 aromatic rings. The molecule has 2 atom stereocenters. The van der Waals surface area contributed by atoms with Gasteiger partial charge < -0.3 is 9.63 Å². The molecular formula is C15H17FN2O2. The van der Waals surface area contributed by atoms with Crippen LogP contribution in [0.4, 0.5) is 4.39 Å². The van der Waals surface area contributed by atoms with E-state index in [0.717, 1.165) is 32.1 Å². The van der Waals surface area contributed by atoms with Gasteiger partial charge in [0.1, 0.15) is 5.82 Å². The molecule has 0 aliphatic heterocycles. The summed E-state index contributed by atoms with van der Waals surface area (Å²) in [4.78, 5) is 4.28. The summed E-state index contributed by atoms with van der Waals surface area (Å²) in [7, 11) is 0. The summed E-state index contributed by atoms with van der Waals surface area (Å²) >= 11 is 0. The molecule has 0 radical (unpaired) electrons. The molecule has 5 heteroatoms. The highest BCUT2D eigenvalue weighted by molar-refractivity contribution is 5.54. The summed E-state index contributed by atoms with van der Waals surface area (Å²) in [5.41, 5.74) is 0.325. The van der Waals surface area contributed by atoms with Crippen molar-refractivity contribution < 1.29 is 14.0 Å². The van der Waals surface area contributed by atoms with Gasteiger partial charge in [-0.3, -0.25) is 0 Å². The van der Waals surface area contributed by atoms with E-state index < -0.39 is 6.10 Å². The second-order valence-electron chi connectivity index (χ2n) is 5.25. The molecule has 106 valence electrons. The Hall–Kier alpha value is -1.75. The van der Waals surface area contributed by atoms with E-state index in [2.05, 4.69) is 10.1 Å². The van der Waals surface area contributed by atoms with Crippen molar-refractivity contribution in [2.24, 2.45) is 0 Å². The molecule has 3 rings (SSSR count). The number of rotatable bonds is 2. The van der Waals surface area contributed by atoms with Gasteiger partial charge >= 0.3 is 0 Å². The van der Waals surface area contributed by atoms with Crippen molar-refractivity contribution in [3.05, 3.63) is 36.0 Å². The number of halogens is 1. The number of benzene rings is 1. The van der Waals surface area contributed by atoms with Crippen molar-refractivity contribution in [2.75, 3.05) is 0 Å². The third-order valence-corrected chi connectivity index (χ3v) is 3.85. The monoisotopic (exact) mass is 276 g/mol. The van der Waals surface area contributed by atoms with Crippen LogP contribution < -0.4 is 0 Å². The Bertz CT molecular complexity index is 585.